The molecule has 1 amide bonds. The fourth-order valence-electron chi connectivity index (χ4n) is 2.29. The van der Waals surface area contributed by atoms with Gasteiger partial charge in [-0.15, -0.1) is 0 Å². The molecule has 1 fully saturated rings. The largest absolute Gasteiger partial charge is 0.444 e. The molecule has 0 saturated carbocycles. The number of rotatable bonds is 2. The number of hydrogen-bond donors (Lipinski definition) is 0. The van der Waals surface area contributed by atoms with Crippen molar-refractivity contribution in [3.05, 3.63) is 28.0 Å². The Morgan fingerprint density at radius 2 is 1.92 bits per heavy atom. The van der Waals surface area contributed by atoms with Crippen molar-refractivity contribution in [2.45, 2.75) is 38.3 Å². The van der Waals surface area contributed by atoms with Crippen molar-refractivity contribution in [3.8, 4) is 0 Å². The van der Waals surface area contributed by atoms with E-state index in [1.165, 1.54) is 0 Å². The predicted molar refractivity (Wildman–Crippen MR) is 85.7 cm³/mol. The molecule has 1 atom stereocenters. The first-order valence-electron chi connectivity index (χ1n) is 7.29. The Morgan fingerprint density at radius 1 is 1.33 bits per heavy atom. The summed E-state index contributed by atoms with van der Waals surface area (Å²) in [4.78, 5) is 16.9. The van der Waals surface area contributed by atoms with Crippen LogP contribution in [0.1, 0.15) is 26.3 Å². The quantitative estimate of drug-likeness (QED) is 0.722. The molecule has 134 valence electrons. The van der Waals surface area contributed by atoms with Crippen LogP contribution in [0.3, 0.4) is 0 Å². The van der Waals surface area contributed by atoms with E-state index in [2.05, 4.69) is 4.98 Å². The topological polar surface area (TPSA) is 51.7 Å². The number of ether oxygens (including phenoxy) is 2. The smallest absolute Gasteiger partial charge is 0.410 e. The molecule has 1 aromatic rings. The van der Waals surface area contributed by atoms with Gasteiger partial charge in [0.1, 0.15) is 21.9 Å². The minimum absolute atomic E-state index is 0.00170. The Balaban J connectivity index is 2.32. The van der Waals surface area contributed by atoms with Gasteiger partial charge in [-0.1, -0.05) is 23.2 Å². The Kier molecular flexibility index (Phi) is 5.57. The van der Waals surface area contributed by atoms with Gasteiger partial charge in [-0.2, -0.15) is 8.78 Å². The second kappa shape index (κ2) is 6.98. The Bertz CT molecular complexity index is 603. The van der Waals surface area contributed by atoms with E-state index >= 15 is 0 Å². The second-order valence-electron chi connectivity index (χ2n) is 6.39. The SMILES string of the molecule is CC(C)(C)OC(=O)N1CCOCC1C(F)(F)c1cc(Cl)nc(Cl)c1. The lowest BCUT2D eigenvalue weighted by Crippen LogP contribution is -2.56. The summed E-state index contributed by atoms with van der Waals surface area (Å²) < 4.78 is 40.3. The third kappa shape index (κ3) is 4.46. The van der Waals surface area contributed by atoms with Crippen LogP contribution in [-0.2, 0) is 15.4 Å². The van der Waals surface area contributed by atoms with Crippen molar-refractivity contribution in [2.75, 3.05) is 19.8 Å². The van der Waals surface area contributed by atoms with Gasteiger partial charge in [0.25, 0.3) is 5.92 Å². The molecule has 1 aromatic heterocycles. The summed E-state index contributed by atoms with van der Waals surface area (Å²) in [5, 5.41) is -0.310. The average molecular weight is 383 g/mol. The summed E-state index contributed by atoms with van der Waals surface area (Å²) in [5.41, 5.74) is -1.23. The van der Waals surface area contributed by atoms with E-state index < -0.39 is 29.2 Å². The van der Waals surface area contributed by atoms with Gasteiger partial charge in [0, 0.05) is 12.1 Å². The van der Waals surface area contributed by atoms with E-state index in [9.17, 15) is 13.6 Å². The number of pyridine rings is 1. The summed E-state index contributed by atoms with van der Waals surface area (Å²) in [5.74, 6) is -3.44. The van der Waals surface area contributed by atoms with Gasteiger partial charge < -0.3 is 9.47 Å². The molecule has 1 aliphatic heterocycles. The summed E-state index contributed by atoms with van der Waals surface area (Å²) in [6, 6.07) is 0.514. The van der Waals surface area contributed by atoms with Crippen molar-refractivity contribution >= 4 is 29.3 Å². The molecule has 0 bridgehead atoms. The zero-order chi connectivity index (χ0) is 18.1. The fraction of sp³-hybridized carbons (Fsp3) is 0.600. The maximum absolute atomic E-state index is 15.0. The number of morpholine rings is 1. The van der Waals surface area contributed by atoms with Crippen molar-refractivity contribution in [1.82, 2.24) is 9.88 Å². The van der Waals surface area contributed by atoms with E-state index in [0.717, 1.165) is 17.0 Å². The van der Waals surface area contributed by atoms with Gasteiger partial charge in [0.15, 0.2) is 0 Å². The number of amides is 1. The molecule has 2 heterocycles. The van der Waals surface area contributed by atoms with Gasteiger partial charge in [-0.05, 0) is 32.9 Å². The second-order valence-corrected chi connectivity index (χ2v) is 7.16. The molecule has 1 aliphatic rings. The molecule has 0 aromatic carbocycles. The van der Waals surface area contributed by atoms with Gasteiger partial charge in [0.05, 0.1) is 13.2 Å². The van der Waals surface area contributed by atoms with Crippen LogP contribution in [0, 0.1) is 0 Å². The zero-order valence-electron chi connectivity index (χ0n) is 13.5. The molecule has 0 aliphatic carbocycles. The maximum Gasteiger partial charge on any atom is 0.410 e. The number of alkyl halides is 2. The molecular weight excluding hydrogens is 365 g/mol. The molecule has 0 radical (unpaired) electrons. The highest BCUT2D eigenvalue weighted by molar-refractivity contribution is 6.32. The number of carbonyl (C=O) groups excluding carboxylic acids is 1. The van der Waals surface area contributed by atoms with Crippen LogP contribution in [0.2, 0.25) is 10.3 Å². The fourth-order valence-corrected chi connectivity index (χ4v) is 2.75. The van der Waals surface area contributed by atoms with E-state index in [1.54, 1.807) is 20.8 Å². The van der Waals surface area contributed by atoms with Crippen LogP contribution < -0.4 is 0 Å². The highest BCUT2D eigenvalue weighted by Gasteiger charge is 2.49. The maximum atomic E-state index is 15.0. The molecule has 0 spiro atoms. The number of halogens is 4. The monoisotopic (exact) mass is 382 g/mol. The van der Waals surface area contributed by atoms with Crippen LogP contribution in [0.5, 0.6) is 0 Å². The molecule has 2 rings (SSSR count). The van der Waals surface area contributed by atoms with Gasteiger partial charge >= 0.3 is 6.09 Å². The zero-order valence-corrected chi connectivity index (χ0v) is 15.0. The lowest BCUT2D eigenvalue weighted by atomic mass is 10.0. The van der Waals surface area contributed by atoms with Gasteiger partial charge in [-0.25, -0.2) is 9.78 Å². The van der Waals surface area contributed by atoms with E-state index in [4.69, 9.17) is 32.7 Å². The molecule has 1 saturated heterocycles. The minimum atomic E-state index is -3.44. The normalized spacial score (nSPS) is 19.3. The number of aromatic nitrogens is 1. The summed E-state index contributed by atoms with van der Waals surface area (Å²) >= 11 is 11.4. The molecule has 9 heteroatoms. The highest BCUT2D eigenvalue weighted by atomic mass is 35.5. The van der Waals surface area contributed by atoms with E-state index in [-0.39, 0.29) is 30.1 Å². The van der Waals surface area contributed by atoms with E-state index in [0.29, 0.717) is 0 Å². The van der Waals surface area contributed by atoms with Crippen LogP contribution in [0.25, 0.3) is 0 Å². The standard InChI is InChI=1S/C15H18Cl2F2N2O3/c1-14(2,3)24-13(22)21-4-5-23-8-10(21)15(18,19)9-6-11(16)20-12(17)7-9/h6-7,10H,4-5,8H2,1-3H3. The number of nitrogens with zero attached hydrogens (tertiary/aromatic N) is 2. The first-order valence-corrected chi connectivity index (χ1v) is 8.05. The van der Waals surface area contributed by atoms with Crippen LogP contribution in [-0.4, -0.2) is 47.4 Å². The molecular formula is C15H18Cl2F2N2O3. The van der Waals surface area contributed by atoms with Crippen molar-refractivity contribution in [1.29, 1.82) is 0 Å². The van der Waals surface area contributed by atoms with Gasteiger partial charge in [0.2, 0.25) is 0 Å². The number of carbonyl (C=O) groups is 1. The first-order chi connectivity index (χ1) is 11.0. The van der Waals surface area contributed by atoms with Crippen molar-refractivity contribution in [3.63, 3.8) is 0 Å². The Labute approximate surface area is 148 Å². The summed E-state index contributed by atoms with van der Waals surface area (Å²) in [6.45, 7) is 4.83. The third-order valence-corrected chi connectivity index (χ3v) is 3.71. The lowest BCUT2D eigenvalue weighted by molar-refractivity contribution is -0.137. The Morgan fingerprint density at radius 3 is 2.46 bits per heavy atom. The first kappa shape index (κ1) is 19.1. The predicted octanol–water partition coefficient (Wildman–Crippen LogP) is 4.12. The van der Waals surface area contributed by atoms with Crippen molar-refractivity contribution < 1.29 is 23.0 Å². The van der Waals surface area contributed by atoms with Crippen LogP contribution in [0.4, 0.5) is 13.6 Å². The lowest BCUT2D eigenvalue weighted by Gasteiger charge is -2.40. The Hall–Kier alpha value is -1.18. The molecule has 5 nitrogen and oxygen atoms in total. The average Bonchev–Trinajstić information content (AvgIpc) is 2.44. The molecule has 24 heavy (non-hydrogen) atoms. The van der Waals surface area contributed by atoms with Crippen LogP contribution >= 0.6 is 23.2 Å². The van der Waals surface area contributed by atoms with Crippen LogP contribution in [0.15, 0.2) is 12.1 Å². The highest BCUT2D eigenvalue weighted by Crippen LogP contribution is 2.38. The van der Waals surface area contributed by atoms with Crippen molar-refractivity contribution in [2.24, 2.45) is 0 Å². The minimum Gasteiger partial charge on any atom is -0.444 e. The summed E-state index contributed by atoms with van der Waals surface area (Å²) in [7, 11) is 0. The van der Waals surface area contributed by atoms with Gasteiger partial charge in [-0.3, -0.25) is 4.90 Å². The summed E-state index contributed by atoms with van der Waals surface area (Å²) in [6.07, 6.45) is -0.818. The molecule has 1 unspecified atom stereocenters. The number of hydrogen-bond acceptors (Lipinski definition) is 4. The third-order valence-electron chi connectivity index (χ3n) is 3.32. The van der Waals surface area contributed by atoms with E-state index in [1.807, 2.05) is 0 Å². The molecule has 0 N–H and O–H groups in total.